The molecule has 2 heterocycles. The number of hydrogen-bond donors (Lipinski definition) is 3. The smallest absolute Gasteiger partial charge is 0.274 e. The van der Waals surface area contributed by atoms with Crippen molar-refractivity contribution in [1.82, 2.24) is 20.9 Å². The summed E-state index contributed by atoms with van der Waals surface area (Å²) in [5.41, 5.74) is 7.32. The molecule has 0 bridgehead atoms. The Morgan fingerprint density at radius 3 is 2.42 bits per heavy atom. The van der Waals surface area contributed by atoms with Crippen LogP contribution in [0, 0.1) is 19.8 Å². The van der Waals surface area contributed by atoms with Gasteiger partial charge in [0.25, 0.3) is 5.91 Å². The minimum Gasteiger partial charge on any atom is -0.361 e. The van der Waals surface area contributed by atoms with E-state index in [0.717, 1.165) is 60.6 Å². The third kappa shape index (κ3) is 5.87. The summed E-state index contributed by atoms with van der Waals surface area (Å²) in [4.78, 5) is 25.9. The van der Waals surface area contributed by atoms with Crippen molar-refractivity contribution >= 4 is 17.9 Å². The van der Waals surface area contributed by atoms with Gasteiger partial charge in [-0.25, -0.2) is 5.48 Å². The maximum atomic E-state index is 12.6. The zero-order chi connectivity index (χ0) is 26.6. The lowest BCUT2D eigenvalue weighted by atomic mass is 9.96. The largest absolute Gasteiger partial charge is 0.361 e. The minimum absolute atomic E-state index is 0.0101. The molecule has 0 radical (unpaired) electrons. The molecule has 1 saturated heterocycles. The van der Waals surface area contributed by atoms with Crippen LogP contribution in [0.1, 0.15) is 58.1 Å². The second-order valence-corrected chi connectivity index (χ2v) is 10.3. The van der Waals surface area contributed by atoms with E-state index in [1.165, 1.54) is 12.0 Å². The zero-order valence-corrected chi connectivity index (χ0v) is 21.8. The van der Waals surface area contributed by atoms with Gasteiger partial charge in [-0.1, -0.05) is 41.6 Å². The number of likely N-dealkylation sites (tertiary alicyclic amines) is 1. The van der Waals surface area contributed by atoms with Crippen molar-refractivity contribution in [3.8, 4) is 11.1 Å². The molecule has 2 unspecified atom stereocenters. The highest BCUT2D eigenvalue weighted by Crippen LogP contribution is 2.41. The van der Waals surface area contributed by atoms with Gasteiger partial charge in [-0.05, 0) is 80.5 Å². The van der Waals surface area contributed by atoms with Gasteiger partial charge in [0.05, 0.1) is 5.69 Å². The van der Waals surface area contributed by atoms with Gasteiger partial charge in [-0.3, -0.25) is 14.8 Å². The maximum Gasteiger partial charge on any atom is 0.274 e. The molecule has 0 spiro atoms. The highest BCUT2D eigenvalue weighted by molar-refractivity contribution is 5.94. The van der Waals surface area contributed by atoms with Gasteiger partial charge in [0.15, 0.2) is 0 Å². The number of amides is 2. The molecule has 1 aromatic heterocycles. The number of nitrogens with zero attached hydrogens (tertiary/aromatic N) is 2. The molecule has 5 rings (SSSR count). The molecule has 1 aliphatic heterocycles. The first kappa shape index (κ1) is 25.9. The standard InChI is InChI=1S/C30H34N4O4/c1-19-29(20(2)38-33-19)24-10-8-23(9-11-24)26-17-27(26)31-18-22-13-15-34(16-14-22)28(35)12-5-21-3-6-25(7-4-21)30(36)32-37/h3-12,22,26-27,31,37H,13-18H2,1-2H3,(H,32,36). The van der Waals surface area contributed by atoms with E-state index >= 15 is 0 Å². The summed E-state index contributed by atoms with van der Waals surface area (Å²) in [5.74, 6) is 1.44. The Labute approximate surface area is 222 Å². The fourth-order valence-electron chi connectivity index (χ4n) is 5.34. The van der Waals surface area contributed by atoms with Crippen LogP contribution in [0.2, 0.25) is 0 Å². The van der Waals surface area contributed by atoms with E-state index in [1.807, 2.05) is 18.7 Å². The molecule has 2 amide bonds. The van der Waals surface area contributed by atoms with Crippen LogP contribution < -0.4 is 10.8 Å². The lowest BCUT2D eigenvalue weighted by Gasteiger charge is -2.31. The molecule has 2 aliphatic rings. The van der Waals surface area contributed by atoms with Crippen LogP contribution in [0.25, 0.3) is 17.2 Å². The van der Waals surface area contributed by atoms with Crippen molar-refractivity contribution in [2.75, 3.05) is 19.6 Å². The number of hydrogen-bond acceptors (Lipinski definition) is 6. The molecule has 3 N–H and O–H groups in total. The number of carbonyl (C=O) groups excluding carboxylic acids is 2. The zero-order valence-electron chi connectivity index (χ0n) is 21.8. The highest BCUT2D eigenvalue weighted by atomic mass is 16.5. The Hall–Kier alpha value is -3.75. The van der Waals surface area contributed by atoms with Crippen LogP contribution in [0.3, 0.4) is 0 Å². The predicted octanol–water partition coefficient (Wildman–Crippen LogP) is 4.47. The van der Waals surface area contributed by atoms with Crippen molar-refractivity contribution in [3.63, 3.8) is 0 Å². The molecule has 3 aromatic rings. The lowest BCUT2D eigenvalue weighted by Crippen LogP contribution is -2.40. The Morgan fingerprint density at radius 1 is 1.08 bits per heavy atom. The van der Waals surface area contributed by atoms with Gasteiger partial charge in [0, 0.05) is 42.3 Å². The number of nitrogens with one attached hydrogen (secondary N) is 2. The molecule has 8 heteroatoms. The van der Waals surface area contributed by atoms with E-state index in [9.17, 15) is 9.59 Å². The van der Waals surface area contributed by atoms with Crippen LogP contribution in [-0.4, -0.2) is 52.8 Å². The number of benzene rings is 2. The van der Waals surface area contributed by atoms with Gasteiger partial charge in [-0.15, -0.1) is 0 Å². The first-order chi connectivity index (χ1) is 18.4. The van der Waals surface area contributed by atoms with Crippen molar-refractivity contribution < 1.29 is 19.3 Å². The third-order valence-corrected chi connectivity index (χ3v) is 7.74. The number of aryl methyl sites for hydroxylation is 2. The molecule has 1 aliphatic carbocycles. The minimum atomic E-state index is -0.561. The Kier molecular flexibility index (Phi) is 7.72. The van der Waals surface area contributed by atoms with E-state index in [-0.39, 0.29) is 5.91 Å². The average molecular weight is 515 g/mol. The van der Waals surface area contributed by atoms with E-state index in [2.05, 4.69) is 34.7 Å². The topological polar surface area (TPSA) is 108 Å². The first-order valence-electron chi connectivity index (χ1n) is 13.2. The van der Waals surface area contributed by atoms with E-state index in [1.54, 1.807) is 41.9 Å². The number of rotatable bonds is 8. The summed E-state index contributed by atoms with van der Waals surface area (Å²) in [6, 6.07) is 16.0. The number of piperidine rings is 1. The quantitative estimate of drug-likeness (QED) is 0.233. The van der Waals surface area contributed by atoms with E-state index < -0.39 is 5.91 Å². The fraction of sp³-hybridized carbons (Fsp3) is 0.367. The summed E-state index contributed by atoms with van der Waals surface area (Å²) >= 11 is 0. The van der Waals surface area contributed by atoms with Gasteiger partial charge in [0.1, 0.15) is 5.76 Å². The molecule has 2 fully saturated rings. The monoisotopic (exact) mass is 514 g/mol. The Bertz CT molecular complexity index is 1290. The lowest BCUT2D eigenvalue weighted by molar-refractivity contribution is -0.127. The van der Waals surface area contributed by atoms with Gasteiger partial charge in [0.2, 0.25) is 5.91 Å². The molecule has 1 saturated carbocycles. The second-order valence-electron chi connectivity index (χ2n) is 10.3. The van der Waals surface area contributed by atoms with Crippen LogP contribution >= 0.6 is 0 Å². The Morgan fingerprint density at radius 2 is 1.79 bits per heavy atom. The number of aromatic nitrogens is 1. The normalized spacial score (nSPS) is 19.6. The van der Waals surface area contributed by atoms with Gasteiger partial charge in [-0.2, -0.15) is 0 Å². The molecular formula is C30H34N4O4. The van der Waals surface area contributed by atoms with Crippen LogP contribution in [0.15, 0.2) is 59.1 Å². The summed E-state index contributed by atoms with van der Waals surface area (Å²) in [5, 5.41) is 16.5. The molecule has 198 valence electrons. The second kappa shape index (κ2) is 11.3. The van der Waals surface area contributed by atoms with E-state index in [4.69, 9.17) is 9.73 Å². The van der Waals surface area contributed by atoms with Crippen molar-refractivity contribution in [3.05, 3.63) is 82.8 Å². The molecule has 8 nitrogen and oxygen atoms in total. The van der Waals surface area contributed by atoms with Crippen molar-refractivity contribution in [2.45, 2.75) is 45.1 Å². The highest BCUT2D eigenvalue weighted by Gasteiger charge is 2.38. The first-order valence-corrected chi connectivity index (χ1v) is 13.2. The van der Waals surface area contributed by atoms with Gasteiger partial charge >= 0.3 is 0 Å². The van der Waals surface area contributed by atoms with Crippen LogP contribution in [0.5, 0.6) is 0 Å². The Balaban J connectivity index is 1.04. The maximum absolute atomic E-state index is 12.6. The van der Waals surface area contributed by atoms with Crippen molar-refractivity contribution in [1.29, 1.82) is 0 Å². The predicted molar refractivity (Wildman–Crippen MR) is 145 cm³/mol. The fourth-order valence-corrected chi connectivity index (χ4v) is 5.34. The number of hydroxylamine groups is 1. The third-order valence-electron chi connectivity index (χ3n) is 7.74. The summed E-state index contributed by atoms with van der Waals surface area (Å²) in [7, 11) is 0. The molecule has 2 aromatic carbocycles. The average Bonchev–Trinajstić information content (AvgIpc) is 3.66. The molecule has 38 heavy (non-hydrogen) atoms. The molecular weight excluding hydrogens is 480 g/mol. The van der Waals surface area contributed by atoms with Gasteiger partial charge < -0.3 is 14.7 Å². The van der Waals surface area contributed by atoms with Crippen molar-refractivity contribution in [2.24, 2.45) is 5.92 Å². The summed E-state index contributed by atoms with van der Waals surface area (Å²) < 4.78 is 5.31. The summed E-state index contributed by atoms with van der Waals surface area (Å²) in [6.07, 6.45) is 6.51. The van der Waals surface area contributed by atoms with Crippen LogP contribution in [0.4, 0.5) is 0 Å². The van der Waals surface area contributed by atoms with E-state index in [0.29, 0.717) is 23.4 Å². The van der Waals surface area contributed by atoms with Crippen LogP contribution in [-0.2, 0) is 4.79 Å². The SMILES string of the molecule is Cc1noc(C)c1-c1ccc(C2CC2NCC2CCN(C(=O)C=Cc3ccc(C(=O)NO)cc3)CC2)cc1. The summed E-state index contributed by atoms with van der Waals surface area (Å²) in [6.45, 7) is 6.45. The molecule has 2 atom stereocenters. The number of carbonyl (C=O) groups is 2.